The lowest BCUT2D eigenvalue weighted by Crippen LogP contribution is -2.48. The summed E-state index contributed by atoms with van der Waals surface area (Å²) in [5.41, 5.74) is 5.02. The standard InChI is InChI=1S/C37H48F2N4O4/c1-8-47-33(44)18-31(30-17-28(15-25(6)35(30)39)34-23(4)10-9-11-24(34)5)40-36(45)32(14-22(2)3)43-37(46)26(7)16-29(41-43)12-13-42-20-27(19-38)21-42/h9-11,15-17,22,27,31-32H,8,12-14,18-21H2,1-7H3,(H,40,45)/t31-,32-/m0/s1. The van der Waals surface area contributed by atoms with Gasteiger partial charge in [-0.05, 0) is 93.0 Å². The Morgan fingerprint density at radius 3 is 2.34 bits per heavy atom. The average Bonchev–Trinajstić information content (AvgIpc) is 2.98. The summed E-state index contributed by atoms with van der Waals surface area (Å²) in [4.78, 5) is 42.6. The van der Waals surface area contributed by atoms with Crippen molar-refractivity contribution in [2.75, 3.05) is 32.9 Å². The first-order valence-corrected chi connectivity index (χ1v) is 16.5. The second-order valence-corrected chi connectivity index (χ2v) is 13.3. The lowest BCUT2D eigenvalue weighted by molar-refractivity contribution is -0.144. The van der Waals surface area contributed by atoms with Crippen molar-refractivity contribution in [1.82, 2.24) is 20.0 Å². The molecule has 47 heavy (non-hydrogen) atoms. The van der Waals surface area contributed by atoms with Gasteiger partial charge >= 0.3 is 5.97 Å². The molecule has 1 N–H and O–H groups in total. The monoisotopic (exact) mass is 650 g/mol. The third kappa shape index (κ3) is 8.71. The molecule has 1 aromatic heterocycles. The number of likely N-dealkylation sites (tertiary alicyclic amines) is 1. The van der Waals surface area contributed by atoms with E-state index in [4.69, 9.17) is 4.74 Å². The second kappa shape index (κ2) is 15.8. The first-order valence-electron chi connectivity index (χ1n) is 16.5. The van der Waals surface area contributed by atoms with Gasteiger partial charge in [0.25, 0.3) is 5.56 Å². The van der Waals surface area contributed by atoms with Gasteiger partial charge in [0, 0.05) is 43.1 Å². The molecule has 0 aliphatic carbocycles. The Bertz CT molecular complexity index is 1630. The van der Waals surface area contributed by atoms with Crippen molar-refractivity contribution in [1.29, 1.82) is 0 Å². The molecule has 2 atom stereocenters. The van der Waals surface area contributed by atoms with E-state index in [-0.39, 0.29) is 37.1 Å². The van der Waals surface area contributed by atoms with Crippen LogP contribution in [0.3, 0.4) is 0 Å². The normalized spacial score (nSPS) is 14.9. The highest BCUT2D eigenvalue weighted by Gasteiger charge is 2.31. The van der Waals surface area contributed by atoms with Crippen molar-refractivity contribution >= 4 is 11.9 Å². The summed E-state index contributed by atoms with van der Waals surface area (Å²) in [7, 11) is 0. The van der Waals surface area contributed by atoms with Crippen LogP contribution in [0.25, 0.3) is 11.1 Å². The Morgan fingerprint density at radius 1 is 1.04 bits per heavy atom. The number of nitrogens with zero attached hydrogens (tertiary/aromatic N) is 3. The Labute approximate surface area is 276 Å². The predicted molar refractivity (Wildman–Crippen MR) is 180 cm³/mol. The quantitative estimate of drug-likeness (QED) is 0.211. The topological polar surface area (TPSA) is 93.5 Å². The maximum atomic E-state index is 16.0. The third-order valence-corrected chi connectivity index (χ3v) is 8.81. The number of halogens is 2. The number of rotatable bonds is 14. The largest absolute Gasteiger partial charge is 0.466 e. The highest BCUT2D eigenvalue weighted by atomic mass is 19.1. The molecule has 1 aliphatic heterocycles. The number of aromatic nitrogens is 2. The van der Waals surface area contributed by atoms with Crippen LogP contribution in [0.1, 0.15) is 79.2 Å². The highest BCUT2D eigenvalue weighted by molar-refractivity contribution is 5.82. The molecule has 3 aromatic rings. The maximum absolute atomic E-state index is 16.0. The van der Waals surface area contributed by atoms with Gasteiger partial charge in [-0.2, -0.15) is 5.10 Å². The number of benzene rings is 2. The van der Waals surface area contributed by atoms with Gasteiger partial charge in [0.05, 0.1) is 31.4 Å². The number of aryl methyl sites for hydroxylation is 4. The molecular formula is C37H48F2N4O4. The molecule has 1 amide bonds. The molecule has 2 aromatic carbocycles. The predicted octanol–water partition coefficient (Wildman–Crippen LogP) is 6.12. The smallest absolute Gasteiger partial charge is 0.308 e. The Kier molecular flexibility index (Phi) is 12.1. The molecule has 0 bridgehead atoms. The van der Waals surface area contributed by atoms with Crippen LogP contribution in [0, 0.1) is 45.3 Å². The maximum Gasteiger partial charge on any atom is 0.308 e. The van der Waals surface area contributed by atoms with E-state index in [0.29, 0.717) is 49.3 Å². The molecular weight excluding hydrogens is 602 g/mol. The van der Waals surface area contributed by atoms with Crippen molar-refractivity contribution in [3.8, 4) is 11.1 Å². The van der Waals surface area contributed by atoms with E-state index < -0.39 is 35.3 Å². The summed E-state index contributed by atoms with van der Waals surface area (Å²) in [6.07, 6.45) is 0.539. The molecule has 1 aliphatic rings. The first-order chi connectivity index (χ1) is 22.3. The summed E-state index contributed by atoms with van der Waals surface area (Å²) in [6, 6.07) is 9.07. The van der Waals surface area contributed by atoms with Gasteiger partial charge in [-0.1, -0.05) is 32.0 Å². The van der Waals surface area contributed by atoms with E-state index in [1.165, 1.54) is 4.68 Å². The van der Waals surface area contributed by atoms with Crippen LogP contribution in [0.2, 0.25) is 0 Å². The van der Waals surface area contributed by atoms with Crippen molar-refractivity contribution < 1.29 is 23.1 Å². The fourth-order valence-corrected chi connectivity index (χ4v) is 6.39. The third-order valence-electron chi connectivity index (χ3n) is 8.81. The molecule has 8 nitrogen and oxygen atoms in total. The van der Waals surface area contributed by atoms with Gasteiger partial charge in [-0.25, -0.2) is 9.07 Å². The number of carbonyl (C=O) groups excluding carboxylic acids is 2. The van der Waals surface area contributed by atoms with Crippen LogP contribution in [0.15, 0.2) is 41.2 Å². The van der Waals surface area contributed by atoms with Gasteiger partial charge in [0.2, 0.25) is 5.91 Å². The highest BCUT2D eigenvalue weighted by Crippen LogP contribution is 2.34. The lowest BCUT2D eigenvalue weighted by Gasteiger charge is -2.37. The summed E-state index contributed by atoms with van der Waals surface area (Å²) in [5, 5.41) is 7.55. The molecule has 10 heteroatoms. The molecule has 4 rings (SSSR count). The van der Waals surface area contributed by atoms with Crippen LogP contribution < -0.4 is 10.9 Å². The summed E-state index contributed by atoms with van der Waals surface area (Å²) in [5.74, 6) is -1.57. The molecule has 1 saturated heterocycles. The molecule has 1 fully saturated rings. The van der Waals surface area contributed by atoms with Crippen LogP contribution in [0.4, 0.5) is 8.78 Å². The van der Waals surface area contributed by atoms with E-state index in [1.807, 2.05) is 45.9 Å². The van der Waals surface area contributed by atoms with Gasteiger partial charge in [0.1, 0.15) is 11.9 Å². The van der Waals surface area contributed by atoms with Crippen LogP contribution in [-0.4, -0.2) is 59.5 Å². The molecule has 0 unspecified atom stereocenters. The van der Waals surface area contributed by atoms with Crippen LogP contribution >= 0.6 is 0 Å². The van der Waals surface area contributed by atoms with Gasteiger partial charge in [-0.15, -0.1) is 0 Å². The zero-order chi connectivity index (χ0) is 34.4. The molecule has 0 saturated carbocycles. The average molecular weight is 651 g/mol. The zero-order valence-electron chi connectivity index (χ0n) is 28.7. The van der Waals surface area contributed by atoms with Crippen LogP contribution in [-0.2, 0) is 20.7 Å². The molecule has 254 valence electrons. The van der Waals surface area contributed by atoms with Gasteiger partial charge in [-0.3, -0.25) is 18.8 Å². The molecule has 2 heterocycles. The van der Waals surface area contributed by atoms with E-state index in [2.05, 4.69) is 15.3 Å². The summed E-state index contributed by atoms with van der Waals surface area (Å²) < 4.78 is 35.3. The zero-order valence-corrected chi connectivity index (χ0v) is 28.7. The number of carbonyl (C=O) groups is 2. The fourth-order valence-electron chi connectivity index (χ4n) is 6.39. The minimum atomic E-state index is -1.06. The Balaban J connectivity index is 1.72. The number of hydrogen-bond acceptors (Lipinski definition) is 6. The van der Waals surface area contributed by atoms with E-state index in [9.17, 15) is 18.8 Å². The minimum Gasteiger partial charge on any atom is -0.466 e. The number of alkyl halides is 1. The number of nitrogens with one attached hydrogen (secondary N) is 1. The van der Waals surface area contributed by atoms with Gasteiger partial charge < -0.3 is 15.0 Å². The molecule has 0 spiro atoms. The lowest BCUT2D eigenvalue weighted by atomic mass is 9.90. The van der Waals surface area contributed by atoms with E-state index >= 15 is 4.39 Å². The Hall–Kier alpha value is -3.92. The van der Waals surface area contributed by atoms with Gasteiger partial charge in [0.15, 0.2) is 0 Å². The Morgan fingerprint density at radius 2 is 1.72 bits per heavy atom. The van der Waals surface area contributed by atoms with Crippen LogP contribution in [0.5, 0.6) is 0 Å². The summed E-state index contributed by atoms with van der Waals surface area (Å²) in [6.45, 7) is 14.8. The summed E-state index contributed by atoms with van der Waals surface area (Å²) >= 11 is 0. The van der Waals surface area contributed by atoms with Crippen molar-refractivity contribution in [2.24, 2.45) is 11.8 Å². The number of esters is 1. The second-order valence-electron chi connectivity index (χ2n) is 13.3. The van der Waals surface area contributed by atoms with Crippen molar-refractivity contribution in [3.05, 3.63) is 86.1 Å². The minimum absolute atomic E-state index is 0.0111. The van der Waals surface area contributed by atoms with E-state index in [1.54, 1.807) is 39.0 Å². The number of amides is 1. The number of hydrogen-bond donors (Lipinski definition) is 1. The fraction of sp³-hybridized carbons (Fsp3) is 0.514. The van der Waals surface area contributed by atoms with Crippen molar-refractivity contribution in [2.45, 2.75) is 79.8 Å². The van der Waals surface area contributed by atoms with E-state index in [0.717, 1.165) is 22.3 Å². The SMILES string of the molecule is CCOC(=O)C[C@H](NC(=O)[C@H](CC(C)C)n1nc(CCN2CC(CF)C2)cc(C)c1=O)c1cc(-c2c(C)cccc2C)cc(C)c1F. The first kappa shape index (κ1) is 35.9. The van der Waals surface area contributed by atoms with Crippen molar-refractivity contribution in [3.63, 3.8) is 0 Å². The molecule has 0 radical (unpaired) electrons. The number of ether oxygens (including phenoxy) is 1.